The summed E-state index contributed by atoms with van der Waals surface area (Å²) in [4.78, 5) is 15.4. The molecule has 0 aliphatic rings. The Morgan fingerprint density at radius 3 is 1.62 bits per heavy atom. The molecule has 0 N–H and O–H groups in total. The number of rotatable bonds is 6. The maximum atomic E-state index is 5.21. The number of hydrogen-bond donors (Lipinski definition) is 0. The average Bonchev–Trinajstić information content (AvgIpc) is 3.15. The Morgan fingerprint density at radius 2 is 0.957 bits per heavy atom. The maximum Gasteiger partial charge on any atom is 0.0974 e. The van der Waals surface area contributed by atoms with E-state index in [-0.39, 0.29) is 0 Å². The monoisotopic (exact) mass is 603 g/mol. The predicted molar refractivity (Wildman–Crippen MR) is 196 cm³/mol. The van der Waals surface area contributed by atoms with Crippen LogP contribution in [0.1, 0.15) is 18.2 Å². The van der Waals surface area contributed by atoms with Crippen LogP contribution in [0.2, 0.25) is 0 Å². The number of nitrogens with zero attached hydrogens (tertiary/aromatic N) is 3. The molecule has 8 rings (SSSR count). The Labute approximate surface area is 275 Å². The molecule has 0 unspecified atom stereocenters. The largest absolute Gasteiger partial charge is 0.251 e. The molecule has 0 aliphatic carbocycles. The van der Waals surface area contributed by atoms with Crippen molar-refractivity contribution in [3.8, 4) is 56.0 Å². The fourth-order valence-electron chi connectivity index (χ4n) is 6.37. The van der Waals surface area contributed by atoms with Gasteiger partial charge >= 0.3 is 0 Å². The SMILES string of the molecule is CCc1ccc2ccc3c(C)cc(-c4cccc(-c5cccc(-c6cc(-c7ccccc7)cc(-c7ccccc7)n6)c5)c4)nc3c2n1. The van der Waals surface area contributed by atoms with Crippen LogP contribution in [0.4, 0.5) is 0 Å². The zero-order valence-corrected chi connectivity index (χ0v) is 26.5. The summed E-state index contributed by atoms with van der Waals surface area (Å²) in [6.07, 6.45) is 0.895. The quantitative estimate of drug-likeness (QED) is 0.177. The summed E-state index contributed by atoms with van der Waals surface area (Å²) in [5.41, 5.74) is 14.9. The van der Waals surface area contributed by atoms with Gasteiger partial charge in [-0.1, -0.05) is 122 Å². The third kappa shape index (κ3) is 5.57. The van der Waals surface area contributed by atoms with Crippen LogP contribution in [-0.4, -0.2) is 15.0 Å². The molecule has 0 atom stereocenters. The molecule has 3 heterocycles. The lowest BCUT2D eigenvalue weighted by Gasteiger charge is -2.12. The summed E-state index contributed by atoms with van der Waals surface area (Å²) in [7, 11) is 0. The van der Waals surface area contributed by atoms with Gasteiger partial charge in [0.15, 0.2) is 0 Å². The molecular weight excluding hydrogens is 571 g/mol. The first-order valence-corrected chi connectivity index (χ1v) is 16.2. The van der Waals surface area contributed by atoms with E-state index in [0.717, 1.165) is 84.4 Å². The van der Waals surface area contributed by atoms with Crippen LogP contribution in [0.3, 0.4) is 0 Å². The van der Waals surface area contributed by atoms with Gasteiger partial charge < -0.3 is 0 Å². The maximum absolute atomic E-state index is 5.21. The van der Waals surface area contributed by atoms with Gasteiger partial charge in [-0.3, -0.25) is 4.98 Å². The number of fused-ring (bicyclic) bond motifs is 3. The number of aryl methyl sites for hydroxylation is 2. The molecule has 3 heteroatoms. The highest BCUT2D eigenvalue weighted by Gasteiger charge is 2.13. The van der Waals surface area contributed by atoms with Gasteiger partial charge in [-0.05, 0) is 77.6 Å². The average molecular weight is 604 g/mol. The highest BCUT2D eigenvalue weighted by molar-refractivity contribution is 6.04. The zero-order chi connectivity index (χ0) is 31.7. The first-order valence-electron chi connectivity index (χ1n) is 16.2. The van der Waals surface area contributed by atoms with Crippen LogP contribution >= 0.6 is 0 Å². The van der Waals surface area contributed by atoms with Crippen LogP contribution in [0.15, 0.2) is 152 Å². The van der Waals surface area contributed by atoms with Gasteiger partial charge in [-0.15, -0.1) is 0 Å². The van der Waals surface area contributed by atoms with E-state index in [1.807, 2.05) is 6.07 Å². The Morgan fingerprint density at radius 1 is 0.404 bits per heavy atom. The summed E-state index contributed by atoms with van der Waals surface area (Å²) in [6, 6.07) is 53.5. The van der Waals surface area contributed by atoms with Crippen LogP contribution in [0.25, 0.3) is 77.8 Å². The van der Waals surface area contributed by atoms with Crippen molar-refractivity contribution in [3.05, 3.63) is 163 Å². The summed E-state index contributed by atoms with van der Waals surface area (Å²) < 4.78 is 0. The van der Waals surface area contributed by atoms with E-state index >= 15 is 0 Å². The lowest BCUT2D eigenvalue weighted by molar-refractivity contribution is 1.06. The molecule has 0 spiro atoms. The van der Waals surface area contributed by atoms with Crippen LogP contribution in [-0.2, 0) is 6.42 Å². The molecule has 0 amide bonds. The van der Waals surface area contributed by atoms with E-state index in [0.29, 0.717) is 0 Å². The van der Waals surface area contributed by atoms with Gasteiger partial charge in [0.05, 0.1) is 28.1 Å². The first kappa shape index (κ1) is 28.5. The number of hydrogen-bond acceptors (Lipinski definition) is 3. The molecular formula is C44H33N3. The molecule has 0 saturated heterocycles. The van der Waals surface area contributed by atoms with Crippen molar-refractivity contribution in [1.82, 2.24) is 15.0 Å². The standard InChI is InChI=1S/C44H33N3/c1-3-38-22-20-32-21-23-39-29(2)24-40(47-44(39)43(32)45-38)35-18-10-16-33(25-35)34-17-11-19-36(26-34)42-28-37(30-12-6-4-7-13-30)27-41(46-42)31-14-8-5-9-15-31/h4-28H,3H2,1-2H3. The second-order valence-corrected chi connectivity index (χ2v) is 12.0. The Hall–Kier alpha value is -5.93. The van der Waals surface area contributed by atoms with E-state index in [9.17, 15) is 0 Å². The molecule has 224 valence electrons. The van der Waals surface area contributed by atoms with Gasteiger partial charge in [0.25, 0.3) is 0 Å². The third-order valence-corrected chi connectivity index (χ3v) is 8.92. The summed E-state index contributed by atoms with van der Waals surface area (Å²) >= 11 is 0. The van der Waals surface area contributed by atoms with Crippen LogP contribution in [0, 0.1) is 6.92 Å². The van der Waals surface area contributed by atoms with Gasteiger partial charge in [-0.25, -0.2) is 9.97 Å². The number of benzene rings is 5. The number of aromatic nitrogens is 3. The molecule has 0 fully saturated rings. The number of pyridine rings is 3. The lowest BCUT2D eigenvalue weighted by atomic mass is 9.96. The molecule has 8 aromatic rings. The Balaban J connectivity index is 1.21. The highest BCUT2D eigenvalue weighted by Crippen LogP contribution is 2.34. The molecule has 0 radical (unpaired) electrons. The molecule has 0 bridgehead atoms. The smallest absolute Gasteiger partial charge is 0.0974 e. The summed E-state index contributed by atoms with van der Waals surface area (Å²) in [6.45, 7) is 4.30. The minimum atomic E-state index is 0.895. The van der Waals surface area contributed by atoms with Crippen molar-refractivity contribution >= 4 is 21.8 Å². The normalized spacial score (nSPS) is 11.3. The minimum absolute atomic E-state index is 0.895. The van der Waals surface area contributed by atoms with Crippen LogP contribution < -0.4 is 0 Å². The predicted octanol–water partition coefficient (Wildman–Crippen LogP) is 11.4. The van der Waals surface area contributed by atoms with E-state index in [4.69, 9.17) is 15.0 Å². The summed E-state index contributed by atoms with van der Waals surface area (Å²) in [5, 5.41) is 2.26. The lowest BCUT2D eigenvalue weighted by Crippen LogP contribution is -1.94. The fourth-order valence-corrected chi connectivity index (χ4v) is 6.37. The zero-order valence-electron chi connectivity index (χ0n) is 26.5. The van der Waals surface area contributed by atoms with Gasteiger partial charge in [0.2, 0.25) is 0 Å². The molecule has 0 saturated carbocycles. The molecule has 3 nitrogen and oxygen atoms in total. The summed E-state index contributed by atoms with van der Waals surface area (Å²) in [5.74, 6) is 0. The Kier molecular flexibility index (Phi) is 7.35. The van der Waals surface area contributed by atoms with E-state index in [1.54, 1.807) is 0 Å². The van der Waals surface area contributed by atoms with Crippen molar-refractivity contribution in [2.24, 2.45) is 0 Å². The van der Waals surface area contributed by atoms with Crippen molar-refractivity contribution in [3.63, 3.8) is 0 Å². The van der Waals surface area contributed by atoms with Gasteiger partial charge in [0.1, 0.15) is 0 Å². The topological polar surface area (TPSA) is 38.7 Å². The van der Waals surface area contributed by atoms with Gasteiger partial charge in [0, 0.05) is 33.2 Å². The molecule has 3 aromatic heterocycles. The molecule has 5 aromatic carbocycles. The van der Waals surface area contributed by atoms with Crippen LogP contribution in [0.5, 0.6) is 0 Å². The van der Waals surface area contributed by atoms with E-state index in [1.165, 1.54) is 11.1 Å². The Bertz CT molecular complexity index is 2340. The first-order chi connectivity index (χ1) is 23.1. The minimum Gasteiger partial charge on any atom is -0.251 e. The van der Waals surface area contributed by atoms with Gasteiger partial charge in [-0.2, -0.15) is 0 Å². The van der Waals surface area contributed by atoms with Crippen molar-refractivity contribution in [2.45, 2.75) is 20.3 Å². The molecule has 0 aliphatic heterocycles. The van der Waals surface area contributed by atoms with Crippen molar-refractivity contribution in [2.75, 3.05) is 0 Å². The molecule has 47 heavy (non-hydrogen) atoms. The highest BCUT2D eigenvalue weighted by atomic mass is 14.8. The van der Waals surface area contributed by atoms with E-state index in [2.05, 4.69) is 159 Å². The fraction of sp³-hybridized carbons (Fsp3) is 0.0682. The second kappa shape index (κ2) is 12.1. The van der Waals surface area contributed by atoms with Crippen molar-refractivity contribution < 1.29 is 0 Å². The van der Waals surface area contributed by atoms with E-state index < -0.39 is 0 Å². The third-order valence-electron chi connectivity index (χ3n) is 8.92. The van der Waals surface area contributed by atoms with Crippen molar-refractivity contribution in [1.29, 1.82) is 0 Å². The second-order valence-electron chi connectivity index (χ2n) is 12.0.